The summed E-state index contributed by atoms with van der Waals surface area (Å²) < 4.78 is 0.995. The van der Waals surface area contributed by atoms with Gasteiger partial charge in [-0.05, 0) is 53.9 Å². The molecule has 16 heavy (non-hydrogen) atoms. The fraction of sp³-hybridized carbons (Fsp3) is 0.545. The number of nitrogens with one attached hydrogen (secondary N) is 2. The van der Waals surface area contributed by atoms with Crippen molar-refractivity contribution >= 4 is 33.2 Å². The summed E-state index contributed by atoms with van der Waals surface area (Å²) in [5.41, 5.74) is 0. The minimum absolute atomic E-state index is 0.0358. The maximum absolute atomic E-state index is 11.7. The lowest BCUT2D eigenvalue weighted by Gasteiger charge is -2.09. The van der Waals surface area contributed by atoms with E-state index in [-0.39, 0.29) is 5.91 Å². The van der Waals surface area contributed by atoms with Gasteiger partial charge in [-0.2, -0.15) is 0 Å². The summed E-state index contributed by atoms with van der Waals surface area (Å²) in [6.07, 6.45) is 3.52. The molecule has 0 unspecified atom stereocenters. The molecule has 1 atom stereocenters. The smallest absolute Gasteiger partial charge is 0.261 e. The van der Waals surface area contributed by atoms with Gasteiger partial charge in [-0.25, -0.2) is 0 Å². The molecule has 0 aliphatic carbocycles. The number of carbonyl (C=O) groups is 1. The summed E-state index contributed by atoms with van der Waals surface area (Å²) in [7, 11) is 0. The van der Waals surface area contributed by atoms with Gasteiger partial charge in [-0.3, -0.25) is 4.79 Å². The van der Waals surface area contributed by atoms with Gasteiger partial charge in [-0.1, -0.05) is 0 Å². The molecule has 1 aliphatic rings. The van der Waals surface area contributed by atoms with Crippen LogP contribution in [-0.4, -0.2) is 25.0 Å². The molecule has 1 amide bonds. The molecule has 1 fully saturated rings. The molecule has 3 nitrogen and oxygen atoms in total. The monoisotopic (exact) mass is 302 g/mol. The van der Waals surface area contributed by atoms with Crippen LogP contribution in [0, 0.1) is 0 Å². The van der Waals surface area contributed by atoms with E-state index in [0.29, 0.717) is 6.04 Å². The Labute approximate surface area is 108 Å². The molecule has 2 rings (SSSR count). The van der Waals surface area contributed by atoms with Crippen LogP contribution < -0.4 is 10.6 Å². The summed E-state index contributed by atoms with van der Waals surface area (Å²) in [5, 5.41) is 6.37. The fourth-order valence-electron chi connectivity index (χ4n) is 1.89. The van der Waals surface area contributed by atoms with Gasteiger partial charge in [0.05, 0.1) is 8.66 Å². The lowest BCUT2D eigenvalue weighted by Crippen LogP contribution is -2.30. The Morgan fingerprint density at radius 2 is 2.50 bits per heavy atom. The van der Waals surface area contributed by atoms with Crippen molar-refractivity contribution in [2.45, 2.75) is 25.3 Å². The quantitative estimate of drug-likeness (QED) is 0.896. The third-order valence-corrected chi connectivity index (χ3v) is 4.36. The molecule has 2 N–H and O–H groups in total. The first-order chi connectivity index (χ1) is 7.75. The number of carbonyl (C=O) groups excluding carboxylic acids is 1. The van der Waals surface area contributed by atoms with Gasteiger partial charge in [0.1, 0.15) is 0 Å². The molecule has 1 aliphatic heterocycles. The highest BCUT2D eigenvalue weighted by Crippen LogP contribution is 2.21. The van der Waals surface area contributed by atoms with Crippen molar-refractivity contribution in [3.05, 3.63) is 20.8 Å². The van der Waals surface area contributed by atoms with Crippen LogP contribution in [0.15, 0.2) is 15.9 Å². The molecule has 2 heterocycles. The summed E-state index contributed by atoms with van der Waals surface area (Å²) >= 11 is 4.82. The van der Waals surface area contributed by atoms with Crippen LogP contribution in [0.5, 0.6) is 0 Å². The van der Waals surface area contributed by atoms with Crippen molar-refractivity contribution in [1.29, 1.82) is 0 Å². The molecule has 5 heteroatoms. The van der Waals surface area contributed by atoms with Gasteiger partial charge in [0.2, 0.25) is 0 Å². The third kappa shape index (κ3) is 3.30. The lowest BCUT2D eigenvalue weighted by atomic mass is 10.1. The van der Waals surface area contributed by atoms with Crippen LogP contribution >= 0.6 is 27.3 Å². The van der Waals surface area contributed by atoms with E-state index in [0.717, 1.165) is 28.2 Å². The Kier molecular flexibility index (Phi) is 4.37. The first-order valence-electron chi connectivity index (χ1n) is 5.52. The average molecular weight is 303 g/mol. The molecule has 0 spiro atoms. The summed E-state index contributed by atoms with van der Waals surface area (Å²) in [5.74, 6) is 0.0358. The zero-order chi connectivity index (χ0) is 11.4. The van der Waals surface area contributed by atoms with Gasteiger partial charge in [0.25, 0.3) is 5.91 Å². The minimum Gasteiger partial charge on any atom is -0.351 e. The maximum atomic E-state index is 11.7. The van der Waals surface area contributed by atoms with E-state index in [4.69, 9.17) is 0 Å². The fourth-order valence-corrected chi connectivity index (χ4v) is 3.19. The van der Waals surface area contributed by atoms with E-state index < -0.39 is 0 Å². The van der Waals surface area contributed by atoms with E-state index in [1.165, 1.54) is 24.2 Å². The van der Waals surface area contributed by atoms with Gasteiger partial charge in [0, 0.05) is 12.6 Å². The number of rotatable bonds is 4. The molecule has 1 saturated heterocycles. The maximum Gasteiger partial charge on any atom is 0.261 e. The van der Waals surface area contributed by atoms with Crippen molar-refractivity contribution < 1.29 is 4.79 Å². The van der Waals surface area contributed by atoms with E-state index in [2.05, 4.69) is 26.6 Å². The SMILES string of the molecule is O=C(NCC[C@H]1CCCN1)c1ccc(Br)s1. The van der Waals surface area contributed by atoms with Crippen LogP contribution in [0.4, 0.5) is 0 Å². The number of hydrogen-bond donors (Lipinski definition) is 2. The zero-order valence-corrected chi connectivity index (χ0v) is 11.4. The number of thiophene rings is 1. The second kappa shape index (κ2) is 5.80. The molecule has 0 radical (unpaired) electrons. The third-order valence-electron chi connectivity index (χ3n) is 2.74. The molecular formula is C11H15BrN2OS. The van der Waals surface area contributed by atoms with Crippen LogP contribution in [0.3, 0.4) is 0 Å². The normalized spacial score (nSPS) is 19.9. The highest BCUT2D eigenvalue weighted by atomic mass is 79.9. The van der Waals surface area contributed by atoms with Gasteiger partial charge in [-0.15, -0.1) is 11.3 Å². The summed E-state index contributed by atoms with van der Waals surface area (Å²) in [6.45, 7) is 1.88. The number of halogens is 1. The number of hydrogen-bond acceptors (Lipinski definition) is 3. The lowest BCUT2D eigenvalue weighted by molar-refractivity contribution is 0.0956. The Morgan fingerprint density at radius 3 is 3.12 bits per heavy atom. The zero-order valence-electron chi connectivity index (χ0n) is 8.96. The van der Waals surface area contributed by atoms with E-state index in [1.54, 1.807) is 0 Å². The average Bonchev–Trinajstić information content (AvgIpc) is 2.89. The number of amides is 1. The Bertz CT molecular complexity index is 361. The summed E-state index contributed by atoms with van der Waals surface area (Å²) in [4.78, 5) is 12.5. The largest absolute Gasteiger partial charge is 0.351 e. The van der Waals surface area contributed by atoms with E-state index in [9.17, 15) is 4.79 Å². The Balaban J connectivity index is 1.71. The predicted molar refractivity (Wildman–Crippen MR) is 70.0 cm³/mol. The van der Waals surface area contributed by atoms with Gasteiger partial charge >= 0.3 is 0 Å². The standard InChI is InChI=1S/C11H15BrN2OS/c12-10-4-3-9(16-10)11(15)14-7-5-8-2-1-6-13-8/h3-4,8,13H,1-2,5-7H2,(H,14,15)/t8-/m1/s1. The second-order valence-electron chi connectivity index (χ2n) is 3.94. The van der Waals surface area contributed by atoms with E-state index >= 15 is 0 Å². The molecule has 1 aromatic heterocycles. The Hall–Kier alpha value is -0.390. The van der Waals surface area contributed by atoms with Crippen molar-refractivity contribution in [2.75, 3.05) is 13.1 Å². The van der Waals surface area contributed by atoms with Gasteiger partial charge in [0.15, 0.2) is 0 Å². The van der Waals surface area contributed by atoms with Crippen LogP contribution in [0.25, 0.3) is 0 Å². The van der Waals surface area contributed by atoms with Crippen LogP contribution in [0.1, 0.15) is 28.9 Å². The van der Waals surface area contributed by atoms with Crippen molar-refractivity contribution in [2.24, 2.45) is 0 Å². The van der Waals surface area contributed by atoms with Crippen LogP contribution in [0.2, 0.25) is 0 Å². The van der Waals surface area contributed by atoms with Crippen LogP contribution in [-0.2, 0) is 0 Å². The first-order valence-corrected chi connectivity index (χ1v) is 7.13. The molecule has 1 aromatic rings. The van der Waals surface area contributed by atoms with Gasteiger partial charge < -0.3 is 10.6 Å². The minimum atomic E-state index is 0.0358. The Morgan fingerprint density at radius 1 is 1.62 bits per heavy atom. The van der Waals surface area contributed by atoms with Crippen molar-refractivity contribution in [1.82, 2.24) is 10.6 Å². The highest BCUT2D eigenvalue weighted by molar-refractivity contribution is 9.11. The van der Waals surface area contributed by atoms with Crippen molar-refractivity contribution in [3.8, 4) is 0 Å². The second-order valence-corrected chi connectivity index (χ2v) is 6.40. The molecule has 88 valence electrons. The highest BCUT2D eigenvalue weighted by Gasteiger charge is 2.14. The first kappa shape index (κ1) is 12.1. The van der Waals surface area contributed by atoms with Crippen molar-refractivity contribution in [3.63, 3.8) is 0 Å². The van der Waals surface area contributed by atoms with E-state index in [1.807, 2.05) is 12.1 Å². The molecular weight excluding hydrogens is 288 g/mol. The molecule has 0 aromatic carbocycles. The predicted octanol–water partition coefficient (Wildman–Crippen LogP) is 2.38. The summed E-state index contributed by atoms with van der Waals surface area (Å²) in [6, 6.07) is 4.34. The topological polar surface area (TPSA) is 41.1 Å². The molecule has 0 saturated carbocycles. The molecule has 0 bridgehead atoms.